The van der Waals surface area contributed by atoms with Gasteiger partial charge in [-0.05, 0) is 32.1 Å². The Morgan fingerprint density at radius 2 is 1.81 bits per heavy atom. The van der Waals surface area contributed by atoms with E-state index in [4.69, 9.17) is 5.73 Å². The molecule has 8 N–H and O–H groups in total. The first kappa shape index (κ1) is 27.2. The van der Waals surface area contributed by atoms with E-state index < -0.39 is 70.4 Å². The third-order valence-electron chi connectivity index (χ3n) is 7.78. The Balaban J connectivity index is 1.85. The van der Waals surface area contributed by atoms with Gasteiger partial charge in [0.25, 0.3) is 0 Å². The number of ketones is 2. The molecule has 2 saturated carbocycles. The van der Waals surface area contributed by atoms with Crippen molar-refractivity contribution in [2.24, 2.45) is 29.4 Å². The number of amides is 1. The van der Waals surface area contributed by atoms with Gasteiger partial charge < -0.3 is 41.5 Å². The first-order valence-corrected chi connectivity index (χ1v) is 12.2. The Morgan fingerprint density at radius 1 is 1.16 bits per heavy atom. The monoisotopic (exact) mass is 516 g/mol. The van der Waals surface area contributed by atoms with Gasteiger partial charge in [0.2, 0.25) is 11.7 Å². The van der Waals surface area contributed by atoms with Gasteiger partial charge in [-0.15, -0.1) is 0 Å². The number of Topliss-reactive ketones (excluding diaryl/α,β-unsaturated/α-hetero) is 2. The number of aliphatic hydroxyl groups excluding tert-OH is 3. The fourth-order valence-corrected chi connectivity index (χ4v) is 6.05. The number of nitrogens with zero attached hydrogens (tertiary/aromatic N) is 1. The third kappa shape index (κ3) is 3.96. The lowest BCUT2D eigenvalue weighted by molar-refractivity contribution is -0.197. The Hall–Kier alpha value is -2.83. The van der Waals surface area contributed by atoms with Crippen molar-refractivity contribution in [1.82, 2.24) is 10.2 Å². The van der Waals surface area contributed by atoms with Crippen molar-refractivity contribution >= 4 is 23.2 Å². The molecule has 3 aliphatic rings. The number of primary amides is 1. The van der Waals surface area contributed by atoms with Crippen LogP contribution < -0.4 is 11.1 Å². The van der Waals surface area contributed by atoms with Gasteiger partial charge in [0, 0.05) is 42.0 Å². The van der Waals surface area contributed by atoms with E-state index in [1.165, 1.54) is 25.4 Å². The van der Waals surface area contributed by atoms with E-state index in [0.29, 0.717) is 23.6 Å². The molecule has 0 saturated heterocycles. The first-order valence-electron chi connectivity index (χ1n) is 12.2. The Morgan fingerprint density at radius 3 is 2.38 bits per heavy atom. The molecule has 3 aliphatic carbocycles. The summed E-state index contributed by atoms with van der Waals surface area (Å²) in [7, 11) is 3.02. The molecule has 0 aliphatic heterocycles. The molecule has 4 rings (SSSR count). The molecule has 1 radical (unpaired) electrons. The molecule has 0 aromatic heterocycles. The van der Waals surface area contributed by atoms with Crippen LogP contribution in [0.5, 0.6) is 5.75 Å². The van der Waals surface area contributed by atoms with E-state index in [-0.39, 0.29) is 17.9 Å². The van der Waals surface area contributed by atoms with Crippen LogP contribution in [-0.2, 0) is 20.9 Å². The van der Waals surface area contributed by atoms with Gasteiger partial charge in [0.1, 0.15) is 17.4 Å². The molecule has 11 nitrogen and oxygen atoms in total. The quantitative estimate of drug-likeness (QED) is 0.227. The number of rotatable bonds is 6. The molecule has 0 heterocycles. The molecule has 2 fully saturated rings. The zero-order valence-electron chi connectivity index (χ0n) is 21.2. The largest absolute Gasteiger partial charge is 0.507 e. The number of nitrogens with one attached hydrogen (secondary N) is 1. The SMILES string of the molecule is CC(C)CNCc1ccc2c(c1O)C(O)=C1C(=O)[C@@]3(O)C(=O)C(C(N)=O)C(O)[C@H](N(C)C)[C@H]3[C@H](O)[C@H]1[CH]2. The first-order chi connectivity index (χ1) is 17.2. The second-order valence-electron chi connectivity index (χ2n) is 10.8. The summed E-state index contributed by atoms with van der Waals surface area (Å²) in [6, 6.07) is 2.11. The maximum absolute atomic E-state index is 13.8. The highest BCUT2D eigenvalue weighted by Crippen LogP contribution is 2.53. The Labute approximate surface area is 214 Å². The molecule has 1 aromatic carbocycles. The van der Waals surface area contributed by atoms with Crippen molar-refractivity contribution in [2.75, 3.05) is 20.6 Å². The molecular weight excluding hydrogens is 482 g/mol. The normalized spacial score (nSPS) is 33.4. The molecule has 37 heavy (non-hydrogen) atoms. The van der Waals surface area contributed by atoms with Crippen LogP contribution in [0.15, 0.2) is 17.7 Å². The Kier molecular flexibility index (Phi) is 6.97. The van der Waals surface area contributed by atoms with Crippen LogP contribution in [0.2, 0.25) is 0 Å². The standard InChI is InChI=1S/C26H34N3O8/c1-10(2)8-28-9-12-6-5-11-7-13-15(21(32)14(11)19(12)30)23(34)26(37)17(20(13)31)18(29(3)4)22(33)16(24(26)35)25(27)36/h5-7,10,13,16-18,20,22,28,30-33,37H,8-9H2,1-4H3,(H2,27,36)/t13-,16?,17-,18+,20+,22?,26+/m0/s1. The molecule has 1 aromatic rings. The minimum absolute atomic E-state index is 0.0587. The van der Waals surface area contributed by atoms with Crippen LogP contribution in [0, 0.1) is 30.1 Å². The van der Waals surface area contributed by atoms with Gasteiger partial charge in [-0.2, -0.15) is 0 Å². The molecule has 2 unspecified atom stereocenters. The molecule has 1 amide bonds. The maximum atomic E-state index is 13.8. The van der Waals surface area contributed by atoms with Gasteiger partial charge in [-0.1, -0.05) is 26.0 Å². The number of phenolic OH excluding ortho intramolecular Hbond substituents is 1. The average molecular weight is 517 g/mol. The minimum Gasteiger partial charge on any atom is -0.507 e. The number of aliphatic hydroxyl groups is 4. The van der Waals surface area contributed by atoms with E-state index in [2.05, 4.69) is 5.32 Å². The zero-order chi connectivity index (χ0) is 27.6. The van der Waals surface area contributed by atoms with Gasteiger partial charge in [0.05, 0.1) is 17.8 Å². The minimum atomic E-state index is -2.94. The fraction of sp³-hybridized carbons (Fsp3) is 0.538. The topological polar surface area (TPSA) is 194 Å². The fourth-order valence-electron chi connectivity index (χ4n) is 6.05. The number of hydrogen-bond acceptors (Lipinski definition) is 10. The number of hydrogen-bond donors (Lipinski definition) is 7. The summed E-state index contributed by atoms with van der Waals surface area (Å²) in [4.78, 5) is 40.7. The predicted molar refractivity (Wildman–Crippen MR) is 132 cm³/mol. The van der Waals surface area contributed by atoms with E-state index >= 15 is 0 Å². The van der Waals surface area contributed by atoms with Crippen molar-refractivity contribution in [1.29, 1.82) is 0 Å². The van der Waals surface area contributed by atoms with Crippen LogP contribution >= 0.6 is 0 Å². The van der Waals surface area contributed by atoms with E-state index in [0.717, 1.165) is 0 Å². The summed E-state index contributed by atoms with van der Waals surface area (Å²) in [5.41, 5.74) is 2.72. The van der Waals surface area contributed by atoms with Crippen LogP contribution in [0.3, 0.4) is 0 Å². The van der Waals surface area contributed by atoms with Crippen LogP contribution in [0.1, 0.15) is 30.5 Å². The molecule has 201 valence electrons. The van der Waals surface area contributed by atoms with Crippen LogP contribution in [-0.4, -0.2) is 92.4 Å². The molecule has 11 heteroatoms. The van der Waals surface area contributed by atoms with E-state index in [1.807, 2.05) is 13.8 Å². The second-order valence-corrected chi connectivity index (χ2v) is 10.8. The third-order valence-corrected chi connectivity index (χ3v) is 7.78. The van der Waals surface area contributed by atoms with Gasteiger partial charge in [-0.3, -0.25) is 14.4 Å². The second kappa shape index (κ2) is 9.48. The number of nitrogens with two attached hydrogens (primary N) is 1. The predicted octanol–water partition coefficient (Wildman–Crippen LogP) is -1.14. The lowest BCUT2D eigenvalue weighted by Crippen LogP contribution is -2.76. The van der Waals surface area contributed by atoms with Crippen molar-refractivity contribution in [3.05, 3.63) is 40.8 Å². The lowest BCUT2D eigenvalue weighted by Gasteiger charge is -2.55. The van der Waals surface area contributed by atoms with Crippen molar-refractivity contribution in [2.45, 2.75) is 44.2 Å². The summed E-state index contributed by atoms with van der Waals surface area (Å²) >= 11 is 0. The lowest BCUT2D eigenvalue weighted by atomic mass is 9.53. The number of fused-ring (bicyclic) bond motifs is 3. The number of benzene rings is 1. The number of likely N-dealkylation sites (N-methyl/N-ethyl adjacent to an activating group) is 1. The number of carbonyl (C=O) groups excluding carboxylic acids is 3. The molecular formula is C26H34N3O8. The van der Waals surface area contributed by atoms with Crippen LogP contribution in [0.25, 0.3) is 5.76 Å². The summed E-state index contributed by atoms with van der Waals surface area (Å²) in [5.74, 6) is -8.94. The molecule has 0 spiro atoms. The summed E-state index contributed by atoms with van der Waals surface area (Å²) < 4.78 is 0. The summed E-state index contributed by atoms with van der Waals surface area (Å²) in [6.07, 6.45) is -1.81. The highest BCUT2D eigenvalue weighted by Gasteiger charge is 2.70. The zero-order valence-corrected chi connectivity index (χ0v) is 21.2. The van der Waals surface area contributed by atoms with Gasteiger partial charge in [-0.25, -0.2) is 0 Å². The Bertz CT molecular complexity index is 1180. The van der Waals surface area contributed by atoms with Crippen molar-refractivity contribution in [3.63, 3.8) is 0 Å². The highest BCUT2D eigenvalue weighted by molar-refractivity contribution is 6.25. The van der Waals surface area contributed by atoms with E-state index in [9.17, 15) is 39.9 Å². The average Bonchev–Trinajstić information content (AvgIpc) is 2.80. The maximum Gasteiger partial charge on any atom is 0.230 e. The number of carbonyl (C=O) groups is 3. The van der Waals surface area contributed by atoms with Gasteiger partial charge >= 0.3 is 0 Å². The van der Waals surface area contributed by atoms with Crippen molar-refractivity contribution < 1.29 is 39.9 Å². The summed E-state index contributed by atoms with van der Waals surface area (Å²) in [5, 5.41) is 59.3. The number of aromatic hydroxyl groups is 1. The number of phenols is 1. The van der Waals surface area contributed by atoms with Crippen LogP contribution in [0.4, 0.5) is 0 Å². The summed E-state index contributed by atoms with van der Waals surface area (Å²) in [6.45, 7) is 5.02. The highest BCUT2D eigenvalue weighted by atomic mass is 16.3. The smallest absolute Gasteiger partial charge is 0.230 e. The van der Waals surface area contributed by atoms with Crippen molar-refractivity contribution in [3.8, 4) is 5.75 Å². The van der Waals surface area contributed by atoms with Gasteiger partial charge in [0.15, 0.2) is 11.4 Å². The molecule has 0 bridgehead atoms. The molecule has 7 atom stereocenters. The van der Waals surface area contributed by atoms with E-state index in [1.54, 1.807) is 12.1 Å².